The van der Waals surface area contributed by atoms with E-state index in [0.717, 1.165) is 38.5 Å². The Morgan fingerprint density at radius 3 is 2.68 bits per heavy atom. The Kier molecular flexibility index (Phi) is 9.51. The Balaban J connectivity index is 1.26. The maximum Gasteiger partial charge on any atom is 0.407 e. The van der Waals surface area contributed by atoms with Gasteiger partial charge < -0.3 is 34.9 Å². The largest absolute Gasteiger partial charge is 0.488 e. The van der Waals surface area contributed by atoms with Gasteiger partial charge in [-0.2, -0.15) is 0 Å². The molecule has 252 valence electrons. The number of aliphatic carboxylic acids is 1. The summed E-state index contributed by atoms with van der Waals surface area (Å²) in [7, 11) is 1.40. The number of fused-ring (bicyclic) bond motifs is 3. The highest BCUT2D eigenvalue weighted by Gasteiger charge is 2.61. The summed E-state index contributed by atoms with van der Waals surface area (Å²) < 4.78 is 31.9. The molecule has 47 heavy (non-hydrogen) atoms. The van der Waals surface area contributed by atoms with E-state index in [9.17, 15) is 28.7 Å². The SMILES string of the molecule is COc1cc(O[C@@H]2C[C@H]3C(=O)N[C@]4(C(=O)O)C[C@H]4/C=C\CCCC[C@H](NC(=O)OC4CCCC4)CC(=O)N3C2)c2cccc(F)c2n1. The molecule has 2 aliphatic carbocycles. The average Bonchev–Trinajstić information content (AvgIpc) is 3.32. The van der Waals surface area contributed by atoms with Crippen LogP contribution < -0.4 is 20.1 Å². The van der Waals surface area contributed by atoms with Crippen molar-refractivity contribution in [3.05, 3.63) is 42.2 Å². The maximum atomic E-state index is 14.7. The molecule has 6 rings (SSSR count). The van der Waals surface area contributed by atoms with E-state index in [4.69, 9.17) is 14.2 Å². The molecule has 3 amide bonds. The minimum atomic E-state index is -1.44. The van der Waals surface area contributed by atoms with Crippen molar-refractivity contribution in [2.75, 3.05) is 13.7 Å². The number of amides is 3. The summed E-state index contributed by atoms with van der Waals surface area (Å²) in [5, 5.41) is 16.1. The molecule has 0 unspecified atom stereocenters. The first kappa shape index (κ1) is 32.5. The number of methoxy groups -OCH3 is 1. The van der Waals surface area contributed by atoms with Crippen LogP contribution >= 0.6 is 0 Å². The van der Waals surface area contributed by atoms with Crippen LogP contribution in [0.15, 0.2) is 36.4 Å². The fourth-order valence-corrected chi connectivity index (χ4v) is 7.04. The van der Waals surface area contributed by atoms with Crippen LogP contribution in [0.1, 0.15) is 70.6 Å². The van der Waals surface area contributed by atoms with E-state index < -0.39 is 47.5 Å². The molecule has 1 aromatic carbocycles. The number of hydrogen-bond donors (Lipinski definition) is 3. The van der Waals surface area contributed by atoms with Gasteiger partial charge >= 0.3 is 12.1 Å². The van der Waals surface area contributed by atoms with Crippen molar-refractivity contribution in [2.45, 2.75) is 100 Å². The second-order valence-corrected chi connectivity index (χ2v) is 13.0. The summed E-state index contributed by atoms with van der Waals surface area (Å²) in [5.74, 6) is -2.62. The predicted octanol–water partition coefficient (Wildman–Crippen LogP) is 4.25. The summed E-state index contributed by atoms with van der Waals surface area (Å²) >= 11 is 0. The van der Waals surface area contributed by atoms with E-state index in [1.807, 2.05) is 12.2 Å². The van der Waals surface area contributed by atoms with Crippen molar-refractivity contribution in [3.8, 4) is 11.6 Å². The van der Waals surface area contributed by atoms with Crippen LogP contribution in [0.25, 0.3) is 10.9 Å². The fraction of sp³-hybridized carbons (Fsp3) is 0.559. The van der Waals surface area contributed by atoms with Crippen LogP contribution in [0.5, 0.6) is 11.6 Å². The zero-order chi connectivity index (χ0) is 33.1. The lowest BCUT2D eigenvalue weighted by Gasteiger charge is -2.27. The van der Waals surface area contributed by atoms with Crippen LogP contribution in [-0.4, -0.2) is 82.4 Å². The molecular weight excluding hydrogens is 611 g/mol. The number of para-hydroxylation sites is 1. The lowest BCUT2D eigenvalue weighted by molar-refractivity contribution is -0.145. The summed E-state index contributed by atoms with van der Waals surface area (Å²) in [5.41, 5.74) is -1.39. The summed E-state index contributed by atoms with van der Waals surface area (Å²) in [6, 6.07) is 4.44. The first-order chi connectivity index (χ1) is 22.7. The second-order valence-electron chi connectivity index (χ2n) is 13.0. The van der Waals surface area contributed by atoms with E-state index in [1.165, 1.54) is 30.2 Å². The van der Waals surface area contributed by atoms with Crippen molar-refractivity contribution in [2.24, 2.45) is 5.92 Å². The molecule has 3 heterocycles. The first-order valence-electron chi connectivity index (χ1n) is 16.5. The summed E-state index contributed by atoms with van der Waals surface area (Å²) in [6.45, 7) is 0.0149. The Morgan fingerprint density at radius 1 is 1.13 bits per heavy atom. The third kappa shape index (κ3) is 7.13. The van der Waals surface area contributed by atoms with Crippen LogP contribution in [0.4, 0.5) is 9.18 Å². The molecule has 12 nitrogen and oxygen atoms in total. The van der Waals surface area contributed by atoms with Gasteiger partial charge in [-0.05, 0) is 63.5 Å². The zero-order valence-corrected chi connectivity index (χ0v) is 26.4. The number of carboxylic acids is 1. The van der Waals surface area contributed by atoms with Gasteiger partial charge in [0.1, 0.15) is 40.9 Å². The number of carbonyl (C=O) groups is 4. The number of ether oxygens (including phenoxy) is 3. The third-order valence-electron chi connectivity index (χ3n) is 9.72. The lowest BCUT2D eigenvalue weighted by atomic mass is 10.0. The number of benzene rings is 1. The highest BCUT2D eigenvalue weighted by atomic mass is 19.1. The second kappa shape index (κ2) is 13.7. The van der Waals surface area contributed by atoms with Crippen LogP contribution in [0, 0.1) is 11.7 Å². The quantitative estimate of drug-likeness (QED) is 0.389. The number of hydrogen-bond acceptors (Lipinski definition) is 8. The Labute approximate surface area is 272 Å². The molecule has 2 saturated carbocycles. The highest BCUT2D eigenvalue weighted by molar-refractivity contribution is 5.95. The number of aromatic nitrogens is 1. The van der Waals surface area contributed by atoms with E-state index >= 15 is 0 Å². The Bertz CT molecular complexity index is 1560. The normalized spacial score (nSPS) is 29.1. The van der Waals surface area contributed by atoms with Crippen molar-refractivity contribution in [1.29, 1.82) is 0 Å². The number of nitrogens with zero attached hydrogens (tertiary/aromatic N) is 2. The minimum Gasteiger partial charge on any atom is -0.488 e. The number of nitrogens with one attached hydrogen (secondary N) is 2. The van der Waals surface area contributed by atoms with Gasteiger partial charge in [0.2, 0.25) is 17.7 Å². The molecule has 0 spiro atoms. The van der Waals surface area contributed by atoms with E-state index in [-0.39, 0.29) is 60.9 Å². The predicted molar refractivity (Wildman–Crippen MR) is 167 cm³/mol. The number of pyridine rings is 1. The molecule has 4 aliphatic rings. The van der Waals surface area contributed by atoms with Crippen molar-refractivity contribution in [3.63, 3.8) is 0 Å². The molecule has 13 heteroatoms. The average molecular weight is 653 g/mol. The maximum absolute atomic E-state index is 14.7. The minimum absolute atomic E-state index is 0.0149. The van der Waals surface area contributed by atoms with Gasteiger partial charge in [-0.3, -0.25) is 9.59 Å². The highest BCUT2D eigenvalue weighted by Crippen LogP contribution is 2.45. The number of carbonyl (C=O) groups excluding carboxylic acids is 3. The Hall–Kier alpha value is -4.42. The van der Waals surface area contributed by atoms with Gasteiger partial charge in [0.05, 0.1) is 13.7 Å². The van der Waals surface area contributed by atoms with Crippen LogP contribution in [-0.2, 0) is 19.1 Å². The third-order valence-corrected chi connectivity index (χ3v) is 9.72. The van der Waals surface area contributed by atoms with Gasteiger partial charge in [-0.15, -0.1) is 0 Å². The number of carboxylic acid groups (broad SMARTS) is 1. The molecule has 1 aromatic heterocycles. The van der Waals surface area contributed by atoms with Gasteiger partial charge in [0.25, 0.3) is 0 Å². The number of allylic oxidation sites excluding steroid dienone is 1. The molecule has 2 aliphatic heterocycles. The monoisotopic (exact) mass is 652 g/mol. The molecular formula is C34H41FN4O8. The van der Waals surface area contributed by atoms with Gasteiger partial charge in [-0.1, -0.05) is 24.6 Å². The number of alkyl carbamates (subject to hydrolysis) is 1. The van der Waals surface area contributed by atoms with Gasteiger partial charge in [0, 0.05) is 36.3 Å². The first-order valence-corrected chi connectivity index (χ1v) is 16.5. The molecule has 5 atom stereocenters. The van der Waals surface area contributed by atoms with E-state index in [0.29, 0.717) is 18.2 Å². The molecule has 3 fully saturated rings. The molecule has 3 N–H and O–H groups in total. The van der Waals surface area contributed by atoms with E-state index in [2.05, 4.69) is 15.6 Å². The lowest BCUT2D eigenvalue weighted by Crippen LogP contribution is -2.53. The van der Waals surface area contributed by atoms with Crippen molar-refractivity contribution in [1.82, 2.24) is 20.5 Å². The van der Waals surface area contributed by atoms with Crippen molar-refractivity contribution < 1.29 is 42.9 Å². The van der Waals surface area contributed by atoms with E-state index in [1.54, 1.807) is 6.07 Å². The number of halogens is 1. The fourth-order valence-electron chi connectivity index (χ4n) is 7.04. The number of rotatable bonds is 6. The standard InChI is InChI=1S/C34H41FN4O8/c1-45-28-17-27(24-13-8-14-25(35)30(24)37-28)46-23-16-26-31(41)38-34(32(42)43)18-20(34)9-4-2-3-5-10-21(15-29(40)39(26)19-23)36-33(44)47-22-11-6-7-12-22/h4,8-9,13-14,17,20-23,26H,2-3,5-7,10-12,15-16,18-19H2,1H3,(H,36,44)(H,38,41)(H,42,43)/b9-4-/t20-,21+,23-,26+,34-/m1/s1. The molecule has 2 aromatic rings. The van der Waals surface area contributed by atoms with Gasteiger partial charge in [-0.25, -0.2) is 19.0 Å². The summed E-state index contributed by atoms with van der Waals surface area (Å²) in [6.07, 6.45) is 9.05. The zero-order valence-electron chi connectivity index (χ0n) is 26.4. The molecule has 1 saturated heterocycles. The Morgan fingerprint density at radius 2 is 1.91 bits per heavy atom. The summed E-state index contributed by atoms with van der Waals surface area (Å²) in [4.78, 5) is 58.5. The molecule has 0 bridgehead atoms. The van der Waals surface area contributed by atoms with Gasteiger partial charge in [0.15, 0.2) is 0 Å². The van der Waals surface area contributed by atoms with Crippen molar-refractivity contribution >= 4 is 34.8 Å². The smallest absolute Gasteiger partial charge is 0.407 e. The molecule has 0 radical (unpaired) electrons. The topological polar surface area (TPSA) is 156 Å². The van der Waals surface area contributed by atoms with Crippen LogP contribution in [0.3, 0.4) is 0 Å². The van der Waals surface area contributed by atoms with Crippen LogP contribution in [0.2, 0.25) is 0 Å².